The van der Waals surface area contributed by atoms with E-state index in [1.54, 1.807) is 13.0 Å². The van der Waals surface area contributed by atoms with E-state index in [9.17, 15) is 11.7 Å². The molecule has 0 aliphatic rings. The molecule has 3 aromatic rings. The van der Waals surface area contributed by atoms with Crippen molar-refractivity contribution in [3.05, 3.63) is 88.0 Å². The first-order chi connectivity index (χ1) is 15.4. The Hall–Kier alpha value is 0.544. The third-order valence-electron chi connectivity index (χ3n) is 4.46. The van der Waals surface area contributed by atoms with E-state index in [0.717, 1.165) is 11.6 Å². The number of rotatable bonds is 4. The molecule has 0 aliphatic carbocycles. The van der Waals surface area contributed by atoms with E-state index in [-0.39, 0.29) is 7.43 Å². The molecule has 0 saturated carbocycles. The Bertz CT molecular complexity index is 993. The van der Waals surface area contributed by atoms with E-state index in [4.69, 9.17) is 0 Å². The average molecular weight is 789 g/mol. The fourth-order valence-corrected chi connectivity index (χ4v) is 6.05. The molecule has 9 heteroatoms. The van der Waals surface area contributed by atoms with Crippen LogP contribution < -0.4 is 0 Å². The molecule has 0 aliphatic heterocycles. The first-order valence-electron chi connectivity index (χ1n) is 9.79. The summed E-state index contributed by atoms with van der Waals surface area (Å²) in [6, 6.07) is 17.5. The zero-order valence-corrected chi connectivity index (χ0v) is 27.4. The quantitative estimate of drug-likeness (QED) is 0.191. The zero-order chi connectivity index (χ0) is 25.2. The SMILES string of the molecule is C.Cc1ccc(S(F)(F)F)c(C)c1.Cc1ccc(SSc2ccc(C)cc2C)c(C)c1.[I][V][I]. The number of hydrogen-bond acceptors (Lipinski definition) is 2. The molecule has 189 valence electrons. The third-order valence-corrected chi connectivity index (χ3v) is 8.10. The fourth-order valence-electron chi connectivity index (χ4n) is 2.93. The summed E-state index contributed by atoms with van der Waals surface area (Å²) < 4.78 is 36.8. The third kappa shape index (κ3) is 12.7. The van der Waals surface area contributed by atoms with Gasteiger partial charge in [-0.2, -0.15) is 0 Å². The van der Waals surface area contributed by atoms with Crippen LogP contribution in [0.25, 0.3) is 0 Å². The molecule has 0 spiro atoms. The second kappa shape index (κ2) is 17.1. The van der Waals surface area contributed by atoms with Gasteiger partial charge < -0.3 is 0 Å². The van der Waals surface area contributed by atoms with Crippen molar-refractivity contribution in [3.63, 3.8) is 0 Å². The molecule has 34 heavy (non-hydrogen) atoms. The van der Waals surface area contributed by atoms with Gasteiger partial charge in [-0.3, -0.25) is 0 Å². The van der Waals surface area contributed by atoms with Crippen LogP contribution in [0.3, 0.4) is 0 Å². The average Bonchev–Trinajstić information content (AvgIpc) is 2.68. The van der Waals surface area contributed by atoms with E-state index in [1.165, 1.54) is 45.0 Å². The molecular formula is C25H31F3I2S3V. The molecule has 0 amide bonds. The molecule has 0 saturated heterocycles. The predicted octanol–water partition coefficient (Wildman–Crippen LogP) is 12.2. The summed E-state index contributed by atoms with van der Waals surface area (Å²) in [4.78, 5) is 2.24. The van der Waals surface area contributed by atoms with Crippen LogP contribution in [-0.2, 0) is 9.47 Å². The number of benzene rings is 3. The summed E-state index contributed by atoms with van der Waals surface area (Å²) in [6.45, 7) is 11.9. The van der Waals surface area contributed by atoms with Crippen LogP contribution in [-0.4, -0.2) is 0 Å². The Labute approximate surface area is 242 Å². The normalized spacial score (nSPS) is 10.7. The summed E-state index contributed by atoms with van der Waals surface area (Å²) in [7, 11) is 4.32. The van der Waals surface area contributed by atoms with E-state index in [1.807, 2.05) is 21.6 Å². The van der Waals surface area contributed by atoms with Crippen molar-refractivity contribution in [1.82, 2.24) is 0 Å². The summed E-state index contributed by atoms with van der Waals surface area (Å²) in [5.41, 5.74) is 6.55. The van der Waals surface area contributed by atoms with Gasteiger partial charge in [0.05, 0.1) is 4.90 Å². The van der Waals surface area contributed by atoms with Gasteiger partial charge in [-0.15, -0.1) is 11.7 Å². The van der Waals surface area contributed by atoms with Gasteiger partial charge in [0.25, 0.3) is 0 Å². The van der Waals surface area contributed by atoms with E-state index in [0.29, 0.717) is 15.0 Å². The van der Waals surface area contributed by atoms with E-state index < -0.39 is 16.1 Å². The predicted molar refractivity (Wildman–Crippen MR) is 163 cm³/mol. The second-order valence-corrected chi connectivity index (χ2v) is 22.7. The standard InChI is InChI=1S/C16H18S2.C8H9F3S.CH4.2HI.V/c1-11-5-7-15(13(3)9-11)17-18-16-8-6-12(2)10-14(16)4;1-6-3-4-8(7(2)5-6)12(9,10)11;;;;/h5-10H,1-4H3;3-5H,1-2H3;1H4;2*1H;/q;;;;;+2/p-2. The minimum atomic E-state index is -5.05. The van der Waals surface area contributed by atoms with Crippen molar-refractivity contribution in [2.75, 3.05) is 0 Å². The fraction of sp³-hybridized carbons (Fsp3) is 0.280. The molecular weight excluding hydrogens is 758 g/mol. The molecule has 0 aromatic heterocycles. The summed E-state index contributed by atoms with van der Waals surface area (Å²) >= 11 is -0.313. The Balaban J connectivity index is 0.000000593. The molecule has 0 nitrogen and oxygen atoms in total. The summed E-state index contributed by atoms with van der Waals surface area (Å²) in [5, 5.41) is 0. The Kier molecular flexibility index (Phi) is 17.4. The van der Waals surface area contributed by atoms with Crippen molar-refractivity contribution in [2.45, 2.75) is 63.7 Å². The molecule has 3 aromatic carbocycles. The number of aryl methyl sites for hydroxylation is 6. The zero-order valence-electron chi connectivity index (χ0n) is 19.3. The molecule has 0 fully saturated rings. The maximum absolute atomic E-state index is 12.3. The van der Waals surface area contributed by atoms with Crippen LogP contribution in [0.4, 0.5) is 11.7 Å². The monoisotopic (exact) mass is 789 g/mol. The van der Waals surface area contributed by atoms with Crippen molar-refractivity contribution in [3.8, 4) is 0 Å². The van der Waals surface area contributed by atoms with Crippen LogP contribution in [0.2, 0.25) is 0 Å². The molecule has 0 atom stereocenters. The van der Waals surface area contributed by atoms with Crippen molar-refractivity contribution in [1.29, 1.82) is 0 Å². The number of hydrogen-bond donors (Lipinski definition) is 0. The van der Waals surface area contributed by atoms with Crippen LogP contribution in [0, 0.1) is 41.5 Å². The van der Waals surface area contributed by atoms with Crippen LogP contribution >= 0.6 is 72.7 Å². The van der Waals surface area contributed by atoms with Gasteiger partial charge in [-0.25, -0.2) is 0 Å². The van der Waals surface area contributed by atoms with Crippen molar-refractivity contribution in [2.24, 2.45) is 0 Å². The Morgan fingerprint density at radius 2 is 0.941 bits per heavy atom. The molecule has 0 unspecified atom stereocenters. The molecule has 0 radical (unpaired) electrons. The van der Waals surface area contributed by atoms with Crippen molar-refractivity contribution < 1.29 is 21.1 Å². The minimum absolute atomic E-state index is 0. The number of halogens is 5. The van der Waals surface area contributed by atoms with Gasteiger partial charge in [0.2, 0.25) is 11.2 Å². The van der Waals surface area contributed by atoms with Crippen LogP contribution in [0.1, 0.15) is 40.8 Å². The first kappa shape index (κ1) is 34.5. The van der Waals surface area contributed by atoms with Gasteiger partial charge in [0, 0.05) is 9.79 Å². The van der Waals surface area contributed by atoms with Gasteiger partial charge in [0.1, 0.15) is 0 Å². The second-order valence-electron chi connectivity index (χ2n) is 7.44. The Morgan fingerprint density at radius 3 is 1.24 bits per heavy atom. The van der Waals surface area contributed by atoms with Gasteiger partial charge in [0.15, 0.2) is 0 Å². The molecule has 3 rings (SSSR count). The van der Waals surface area contributed by atoms with Crippen molar-refractivity contribution >= 4 is 72.7 Å². The van der Waals surface area contributed by atoms with E-state index in [2.05, 4.69) is 104 Å². The van der Waals surface area contributed by atoms with Crippen LogP contribution in [0.5, 0.6) is 0 Å². The summed E-state index contributed by atoms with van der Waals surface area (Å²) in [5.74, 6) is 0. The maximum atomic E-state index is 12.3. The first-order valence-corrected chi connectivity index (χ1v) is 22.3. The topological polar surface area (TPSA) is 0 Å². The van der Waals surface area contributed by atoms with Crippen LogP contribution in [0.15, 0.2) is 69.3 Å². The molecule has 0 bridgehead atoms. The Morgan fingerprint density at radius 1 is 0.618 bits per heavy atom. The van der Waals surface area contributed by atoms with E-state index >= 15 is 0 Å². The summed E-state index contributed by atoms with van der Waals surface area (Å²) in [6.07, 6.45) is 0. The van der Waals surface area contributed by atoms with Gasteiger partial charge >= 0.3 is 49.4 Å². The molecule has 0 heterocycles. The van der Waals surface area contributed by atoms with Gasteiger partial charge in [-0.05, 0) is 76.4 Å². The van der Waals surface area contributed by atoms with Gasteiger partial charge in [-0.1, -0.05) is 82.1 Å². The molecule has 0 N–H and O–H groups in total.